The number of amides is 2. The van der Waals surface area contributed by atoms with Gasteiger partial charge in [-0.2, -0.15) is 0 Å². The zero-order valence-corrected chi connectivity index (χ0v) is 19.3. The Morgan fingerprint density at radius 1 is 1.00 bits per heavy atom. The largest absolute Gasteiger partial charge is 0.367 e. The number of carbonyl (C=O) groups excluding carboxylic acids is 2. The van der Waals surface area contributed by atoms with Gasteiger partial charge >= 0.3 is 11.8 Å². The number of pyridine rings is 1. The molecule has 1 unspecified atom stereocenters. The third-order valence-corrected chi connectivity index (χ3v) is 6.02. The molecule has 1 aromatic heterocycles. The Kier molecular flexibility index (Phi) is 7.81. The van der Waals surface area contributed by atoms with E-state index in [4.69, 9.17) is 0 Å². The molecule has 186 valence electrons. The topological polar surface area (TPSA) is 121 Å². The van der Waals surface area contributed by atoms with Crippen molar-refractivity contribution in [1.29, 1.82) is 0 Å². The third kappa shape index (κ3) is 5.99. The Morgan fingerprint density at radius 2 is 1.72 bits per heavy atom. The van der Waals surface area contributed by atoms with E-state index in [1.54, 1.807) is 36.7 Å². The van der Waals surface area contributed by atoms with Crippen LogP contribution in [0.15, 0.2) is 73.1 Å². The van der Waals surface area contributed by atoms with Crippen molar-refractivity contribution in [2.75, 3.05) is 42.9 Å². The molecule has 2 N–H and O–H groups in total. The first-order chi connectivity index (χ1) is 17.4. The minimum Gasteiger partial charge on any atom is -0.367 e. The summed E-state index contributed by atoms with van der Waals surface area (Å²) in [4.78, 5) is 43.4. The van der Waals surface area contributed by atoms with Gasteiger partial charge in [0.25, 0.3) is 5.69 Å². The second-order valence-electron chi connectivity index (χ2n) is 8.24. The van der Waals surface area contributed by atoms with Gasteiger partial charge in [0.15, 0.2) is 0 Å². The molecule has 0 saturated carbocycles. The van der Waals surface area contributed by atoms with Crippen molar-refractivity contribution >= 4 is 28.9 Å². The minimum atomic E-state index is -0.877. The Labute approximate surface area is 206 Å². The Bertz CT molecular complexity index is 1220. The first-order valence-electron chi connectivity index (χ1n) is 11.4. The van der Waals surface area contributed by atoms with Gasteiger partial charge in [0.1, 0.15) is 5.82 Å². The Balaban J connectivity index is 1.38. The van der Waals surface area contributed by atoms with E-state index in [1.807, 2.05) is 11.0 Å². The van der Waals surface area contributed by atoms with E-state index in [0.717, 1.165) is 5.56 Å². The number of rotatable bonds is 7. The minimum absolute atomic E-state index is 0.119. The molecule has 0 spiro atoms. The summed E-state index contributed by atoms with van der Waals surface area (Å²) in [5.74, 6) is -1.97. The summed E-state index contributed by atoms with van der Waals surface area (Å²) < 4.78 is 14.2. The fraction of sp³-hybridized carbons (Fsp3) is 0.240. The molecule has 0 aliphatic carbocycles. The molecule has 2 amide bonds. The van der Waals surface area contributed by atoms with Gasteiger partial charge in [-0.15, -0.1) is 0 Å². The van der Waals surface area contributed by atoms with E-state index < -0.39 is 16.7 Å². The van der Waals surface area contributed by atoms with Gasteiger partial charge < -0.3 is 15.5 Å². The molecule has 1 atom stereocenters. The van der Waals surface area contributed by atoms with Gasteiger partial charge in [0.05, 0.1) is 16.7 Å². The molecular weight excluding hydrogens is 467 g/mol. The maximum absolute atomic E-state index is 14.2. The predicted molar refractivity (Wildman–Crippen MR) is 132 cm³/mol. The molecule has 2 aromatic carbocycles. The van der Waals surface area contributed by atoms with Crippen molar-refractivity contribution in [3.63, 3.8) is 0 Å². The van der Waals surface area contributed by atoms with Crippen molar-refractivity contribution in [3.8, 4) is 0 Å². The van der Waals surface area contributed by atoms with Gasteiger partial charge in [-0.3, -0.25) is 29.6 Å². The maximum atomic E-state index is 14.2. The normalized spacial score (nSPS) is 14.6. The van der Waals surface area contributed by atoms with Crippen molar-refractivity contribution < 1.29 is 18.9 Å². The highest BCUT2D eigenvalue weighted by Crippen LogP contribution is 2.25. The van der Waals surface area contributed by atoms with E-state index in [-0.39, 0.29) is 29.8 Å². The number of anilines is 2. The van der Waals surface area contributed by atoms with Crippen LogP contribution in [0.1, 0.15) is 11.6 Å². The Morgan fingerprint density at radius 3 is 2.36 bits per heavy atom. The van der Waals surface area contributed by atoms with Gasteiger partial charge in [-0.05, 0) is 35.9 Å². The van der Waals surface area contributed by atoms with Crippen LogP contribution < -0.4 is 15.5 Å². The van der Waals surface area contributed by atoms with Crippen LogP contribution >= 0.6 is 0 Å². The SMILES string of the molecule is O=C(NCC(c1cccnc1)N1CCN(c2ccccc2F)CC1)C(=O)Nc1ccc([N+](=O)[O-])cc1. The second-order valence-corrected chi connectivity index (χ2v) is 8.24. The molecule has 0 radical (unpaired) electrons. The number of nitro benzene ring substituents is 1. The lowest BCUT2D eigenvalue weighted by atomic mass is 10.1. The number of aromatic nitrogens is 1. The number of nitro groups is 1. The molecule has 1 aliphatic rings. The Hall–Kier alpha value is -4.38. The number of halogens is 1. The fourth-order valence-corrected chi connectivity index (χ4v) is 4.14. The van der Waals surface area contributed by atoms with E-state index >= 15 is 0 Å². The summed E-state index contributed by atoms with van der Waals surface area (Å²) in [6.45, 7) is 2.62. The summed E-state index contributed by atoms with van der Waals surface area (Å²) in [6.07, 6.45) is 3.38. The first-order valence-corrected chi connectivity index (χ1v) is 11.4. The molecular formula is C25H25FN6O4. The highest BCUT2D eigenvalue weighted by Gasteiger charge is 2.27. The summed E-state index contributed by atoms with van der Waals surface area (Å²) in [5.41, 5.74) is 1.60. The molecule has 2 heterocycles. The number of nitrogens with zero attached hydrogens (tertiary/aromatic N) is 4. The van der Waals surface area contributed by atoms with Crippen LogP contribution in [0.25, 0.3) is 0 Å². The molecule has 36 heavy (non-hydrogen) atoms. The summed E-state index contributed by atoms with van der Waals surface area (Å²) in [7, 11) is 0. The van der Waals surface area contributed by atoms with Gasteiger partial charge in [0, 0.05) is 62.9 Å². The van der Waals surface area contributed by atoms with Crippen molar-refractivity contribution in [2.24, 2.45) is 0 Å². The van der Waals surface area contributed by atoms with Crippen LogP contribution in [0, 0.1) is 15.9 Å². The number of hydrogen-bond donors (Lipinski definition) is 2. The monoisotopic (exact) mass is 492 g/mol. The smallest absolute Gasteiger partial charge is 0.313 e. The molecule has 1 fully saturated rings. The van der Waals surface area contributed by atoms with Gasteiger partial charge in [-0.1, -0.05) is 18.2 Å². The van der Waals surface area contributed by atoms with Crippen LogP contribution in [0.2, 0.25) is 0 Å². The number of benzene rings is 2. The quantitative estimate of drug-likeness (QED) is 0.296. The molecule has 0 bridgehead atoms. The second kappa shape index (κ2) is 11.4. The zero-order chi connectivity index (χ0) is 25.5. The summed E-state index contributed by atoms with van der Waals surface area (Å²) in [5, 5.41) is 15.9. The number of carbonyl (C=O) groups is 2. The van der Waals surface area contributed by atoms with Crippen LogP contribution in [0.5, 0.6) is 0 Å². The number of para-hydroxylation sites is 1. The van der Waals surface area contributed by atoms with Crippen LogP contribution in [0.3, 0.4) is 0 Å². The van der Waals surface area contributed by atoms with Gasteiger partial charge in [-0.25, -0.2) is 4.39 Å². The van der Waals surface area contributed by atoms with Crippen molar-refractivity contribution in [2.45, 2.75) is 6.04 Å². The zero-order valence-electron chi connectivity index (χ0n) is 19.3. The lowest BCUT2D eigenvalue weighted by Crippen LogP contribution is -2.50. The standard InChI is InChI=1S/C25H25FN6O4/c26-21-5-1-2-6-22(21)30-12-14-31(15-13-30)23(18-4-3-11-27-16-18)17-28-24(33)25(34)29-19-7-9-20(10-8-19)32(35)36/h1-11,16,23H,12-15,17H2,(H,28,33)(H,29,34). The van der Waals surface area contributed by atoms with Crippen LogP contribution in [-0.4, -0.2) is 59.3 Å². The van der Waals surface area contributed by atoms with E-state index in [0.29, 0.717) is 31.9 Å². The summed E-state index contributed by atoms with van der Waals surface area (Å²) >= 11 is 0. The number of piperazine rings is 1. The van der Waals surface area contributed by atoms with E-state index in [1.165, 1.54) is 30.3 Å². The number of hydrogen-bond acceptors (Lipinski definition) is 7. The van der Waals surface area contributed by atoms with Crippen molar-refractivity contribution in [1.82, 2.24) is 15.2 Å². The maximum Gasteiger partial charge on any atom is 0.313 e. The molecule has 3 aromatic rings. The lowest BCUT2D eigenvalue weighted by molar-refractivity contribution is -0.384. The molecule has 4 rings (SSSR count). The lowest BCUT2D eigenvalue weighted by Gasteiger charge is -2.40. The summed E-state index contributed by atoms with van der Waals surface area (Å²) in [6, 6.07) is 15.3. The van der Waals surface area contributed by atoms with Crippen molar-refractivity contribution in [3.05, 3.63) is 94.6 Å². The molecule has 1 aliphatic heterocycles. The average molecular weight is 493 g/mol. The average Bonchev–Trinajstić information content (AvgIpc) is 2.90. The fourth-order valence-electron chi connectivity index (χ4n) is 4.14. The van der Waals surface area contributed by atoms with E-state index in [2.05, 4.69) is 20.5 Å². The third-order valence-electron chi connectivity index (χ3n) is 6.02. The molecule has 10 nitrogen and oxygen atoms in total. The first kappa shape index (κ1) is 24.7. The predicted octanol–water partition coefficient (Wildman–Crippen LogP) is 2.75. The van der Waals surface area contributed by atoms with Crippen LogP contribution in [0.4, 0.5) is 21.5 Å². The van der Waals surface area contributed by atoms with Crippen LogP contribution in [-0.2, 0) is 9.59 Å². The number of non-ortho nitro benzene ring substituents is 1. The highest BCUT2D eigenvalue weighted by atomic mass is 19.1. The van der Waals surface area contributed by atoms with Gasteiger partial charge in [0.2, 0.25) is 0 Å². The number of nitrogens with one attached hydrogen (secondary N) is 2. The molecule has 11 heteroatoms. The van der Waals surface area contributed by atoms with E-state index in [9.17, 15) is 24.1 Å². The highest BCUT2D eigenvalue weighted by molar-refractivity contribution is 6.39. The molecule has 1 saturated heterocycles.